The van der Waals surface area contributed by atoms with Crippen LogP contribution in [0.1, 0.15) is 25.3 Å². The summed E-state index contributed by atoms with van der Waals surface area (Å²) in [4.78, 5) is 1.40. The van der Waals surface area contributed by atoms with E-state index in [4.69, 9.17) is 0 Å². The van der Waals surface area contributed by atoms with Crippen molar-refractivity contribution in [2.24, 2.45) is 11.8 Å². The second-order valence-electron chi connectivity index (χ2n) is 6.29. The van der Waals surface area contributed by atoms with E-state index in [1.807, 2.05) is 11.8 Å². The average molecular weight is 299 g/mol. The van der Waals surface area contributed by atoms with Crippen LogP contribution in [0.2, 0.25) is 0 Å². The predicted molar refractivity (Wildman–Crippen MR) is 92.8 cm³/mol. The molecule has 1 aromatic carbocycles. The summed E-state index contributed by atoms with van der Waals surface area (Å²) in [5.41, 5.74) is 3.00. The Labute approximate surface area is 132 Å². The summed E-state index contributed by atoms with van der Waals surface area (Å²) in [5, 5.41) is 4.08. The number of thioether (sulfide) groups is 1. The summed E-state index contributed by atoms with van der Waals surface area (Å²) in [5.74, 6) is 1.38. The second-order valence-corrected chi connectivity index (χ2v) is 7.50. The molecule has 21 heavy (non-hydrogen) atoms. The van der Waals surface area contributed by atoms with Gasteiger partial charge in [-0.2, -0.15) is 0 Å². The van der Waals surface area contributed by atoms with Gasteiger partial charge in [-0.15, -0.1) is 11.8 Å². The van der Waals surface area contributed by atoms with Crippen LogP contribution in [0.5, 0.6) is 0 Å². The van der Waals surface area contributed by atoms with Crippen molar-refractivity contribution in [1.82, 2.24) is 5.32 Å². The van der Waals surface area contributed by atoms with Crippen molar-refractivity contribution in [2.75, 3.05) is 13.1 Å². The van der Waals surface area contributed by atoms with E-state index in [-0.39, 0.29) is 0 Å². The molecular weight excluding hydrogens is 274 g/mol. The molecule has 2 unspecified atom stereocenters. The van der Waals surface area contributed by atoms with Crippen molar-refractivity contribution in [3.63, 3.8) is 0 Å². The van der Waals surface area contributed by atoms with E-state index in [1.165, 1.54) is 36.4 Å². The van der Waals surface area contributed by atoms with Crippen LogP contribution in [0, 0.1) is 18.8 Å². The van der Waals surface area contributed by atoms with E-state index in [0.29, 0.717) is 11.2 Å². The summed E-state index contributed by atoms with van der Waals surface area (Å²) in [6, 6.07) is 8.98. The van der Waals surface area contributed by atoms with Crippen LogP contribution in [0.25, 0.3) is 0 Å². The SMILES string of the molecule is Cc1ccc(SC2C(C3CCNCC3)=CC=CC2C)cc1. The van der Waals surface area contributed by atoms with E-state index >= 15 is 0 Å². The first-order valence-electron chi connectivity index (χ1n) is 8.06. The summed E-state index contributed by atoms with van der Waals surface area (Å²) in [6.45, 7) is 6.85. The standard InChI is InChI=1S/C19H25NS/c1-14-6-8-17(9-7-14)21-19-15(2)4-3-5-18(19)16-10-12-20-13-11-16/h3-9,15-16,19-20H,10-13H2,1-2H3. The predicted octanol–water partition coefficient (Wildman–Crippen LogP) is 4.59. The van der Waals surface area contributed by atoms with Crippen LogP contribution in [0.15, 0.2) is 53.0 Å². The van der Waals surface area contributed by atoms with Crippen LogP contribution < -0.4 is 5.32 Å². The lowest BCUT2D eigenvalue weighted by atomic mass is 9.82. The van der Waals surface area contributed by atoms with Gasteiger partial charge in [0.1, 0.15) is 0 Å². The quantitative estimate of drug-likeness (QED) is 0.876. The number of aryl methyl sites for hydroxylation is 1. The molecule has 0 amide bonds. The Kier molecular flexibility index (Phi) is 4.87. The molecule has 0 aromatic heterocycles. The van der Waals surface area contributed by atoms with Crippen molar-refractivity contribution in [1.29, 1.82) is 0 Å². The molecule has 1 aliphatic heterocycles. The average Bonchev–Trinajstić information content (AvgIpc) is 2.52. The minimum atomic E-state index is 0.598. The van der Waals surface area contributed by atoms with E-state index in [9.17, 15) is 0 Å². The van der Waals surface area contributed by atoms with E-state index in [0.717, 1.165) is 5.92 Å². The Morgan fingerprint density at radius 3 is 2.52 bits per heavy atom. The molecule has 0 bridgehead atoms. The van der Waals surface area contributed by atoms with Crippen LogP contribution in [0.4, 0.5) is 0 Å². The molecule has 0 spiro atoms. The Bertz CT molecular complexity index is 523. The molecule has 1 saturated heterocycles. The number of allylic oxidation sites excluding steroid dienone is 3. The van der Waals surface area contributed by atoms with Gasteiger partial charge >= 0.3 is 0 Å². The summed E-state index contributed by atoms with van der Waals surface area (Å²) in [6.07, 6.45) is 9.60. The van der Waals surface area contributed by atoms with Crippen molar-refractivity contribution < 1.29 is 0 Å². The maximum Gasteiger partial charge on any atom is 0.0369 e. The Balaban J connectivity index is 1.78. The molecule has 3 rings (SSSR count). The third kappa shape index (κ3) is 3.61. The van der Waals surface area contributed by atoms with Crippen LogP contribution in [0.3, 0.4) is 0 Å². The monoisotopic (exact) mass is 299 g/mol. The fourth-order valence-corrected chi connectivity index (χ4v) is 4.60. The molecular formula is C19H25NS. The minimum absolute atomic E-state index is 0.598. The molecule has 0 saturated carbocycles. The number of piperidine rings is 1. The first-order valence-corrected chi connectivity index (χ1v) is 8.94. The van der Waals surface area contributed by atoms with Crippen molar-refractivity contribution in [2.45, 2.75) is 36.8 Å². The third-order valence-corrected chi connectivity index (χ3v) is 6.10. The van der Waals surface area contributed by atoms with Gasteiger partial charge in [0.2, 0.25) is 0 Å². The zero-order valence-electron chi connectivity index (χ0n) is 13.0. The lowest BCUT2D eigenvalue weighted by molar-refractivity contribution is 0.406. The smallest absolute Gasteiger partial charge is 0.0369 e. The number of nitrogens with one attached hydrogen (secondary N) is 1. The fraction of sp³-hybridized carbons (Fsp3) is 0.474. The number of benzene rings is 1. The molecule has 1 fully saturated rings. The summed E-state index contributed by atoms with van der Waals surface area (Å²) in [7, 11) is 0. The molecule has 112 valence electrons. The summed E-state index contributed by atoms with van der Waals surface area (Å²) >= 11 is 2.04. The second kappa shape index (κ2) is 6.85. The van der Waals surface area contributed by atoms with Crippen LogP contribution >= 0.6 is 11.8 Å². The van der Waals surface area contributed by atoms with Gasteiger partial charge in [-0.3, -0.25) is 0 Å². The van der Waals surface area contributed by atoms with Gasteiger partial charge in [-0.05, 0) is 56.8 Å². The summed E-state index contributed by atoms with van der Waals surface area (Å²) < 4.78 is 0. The molecule has 2 aliphatic rings. The molecule has 1 aliphatic carbocycles. The first-order chi connectivity index (χ1) is 10.2. The van der Waals surface area contributed by atoms with E-state index in [1.54, 1.807) is 5.57 Å². The highest BCUT2D eigenvalue weighted by atomic mass is 32.2. The van der Waals surface area contributed by atoms with Gasteiger partial charge in [-0.1, -0.05) is 48.4 Å². The molecule has 0 radical (unpaired) electrons. The van der Waals surface area contributed by atoms with Gasteiger partial charge in [0.25, 0.3) is 0 Å². The lowest BCUT2D eigenvalue weighted by Gasteiger charge is -2.34. The van der Waals surface area contributed by atoms with Crippen molar-refractivity contribution in [3.8, 4) is 0 Å². The van der Waals surface area contributed by atoms with Gasteiger partial charge < -0.3 is 5.32 Å². The maximum absolute atomic E-state index is 3.48. The molecule has 1 heterocycles. The van der Waals surface area contributed by atoms with E-state index in [2.05, 4.69) is 61.7 Å². The zero-order chi connectivity index (χ0) is 14.7. The van der Waals surface area contributed by atoms with Crippen molar-refractivity contribution in [3.05, 3.63) is 53.6 Å². The lowest BCUT2D eigenvalue weighted by Crippen LogP contribution is -2.32. The van der Waals surface area contributed by atoms with Gasteiger partial charge in [0.05, 0.1) is 0 Å². The molecule has 2 atom stereocenters. The maximum atomic E-state index is 3.48. The molecule has 1 aromatic rings. The Morgan fingerprint density at radius 2 is 1.81 bits per heavy atom. The largest absolute Gasteiger partial charge is 0.317 e. The molecule has 2 heteroatoms. The van der Waals surface area contributed by atoms with Crippen LogP contribution in [-0.4, -0.2) is 18.3 Å². The molecule has 1 nitrogen and oxygen atoms in total. The highest BCUT2D eigenvalue weighted by Crippen LogP contribution is 2.40. The fourth-order valence-electron chi connectivity index (χ4n) is 3.30. The first kappa shape index (κ1) is 14.9. The van der Waals surface area contributed by atoms with Crippen molar-refractivity contribution >= 4 is 11.8 Å². The van der Waals surface area contributed by atoms with E-state index < -0.39 is 0 Å². The van der Waals surface area contributed by atoms with Gasteiger partial charge in [0.15, 0.2) is 0 Å². The third-order valence-electron chi connectivity index (χ3n) is 4.60. The zero-order valence-corrected chi connectivity index (χ0v) is 13.8. The Morgan fingerprint density at radius 1 is 1.10 bits per heavy atom. The highest BCUT2D eigenvalue weighted by Gasteiger charge is 2.29. The minimum Gasteiger partial charge on any atom is -0.317 e. The normalized spacial score (nSPS) is 26.7. The van der Waals surface area contributed by atoms with Gasteiger partial charge in [0, 0.05) is 10.1 Å². The van der Waals surface area contributed by atoms with Gasteiger partial charge in [-0.25, -0.2) is 0 Å². The molecule has 1 N–H and O–H groups in total. The number of hydrogen-bond acceptors (Lipinski definition) is 2. The number of rotatable bonds is 3. The number of hydrogen-bond donors (Lipinski definition) is 1. The Hall–Kier alpha value is -0.990. The highest BCUT2D eigenvalue weighted by molar-refractivity contribution is 8.00. The topological polar surface area (TPSA) is 12.0 Å². The van der Waals surface area contributed by atoms with Crippen LogP contribution in [-0.2, 0) is 0 Å².